The summed E-state index contributed by atoms with van der Waals surface area (Å²) in [6.07, 6.45) is 0. The van der Waals surface area contributed by atoms with Crippen LogP contribution >= 0.6 is 0 Å². The first-order chi connectivity index (χ1) is 10.6. The highest BCUT2D eigenvalue weighted by atomic mass is 16.5. The van der Waals surface area contributed by atoms with E-state index in [4.69, 9.17) is 4.74 Å². The lowest BCUT2D eigenvalue weighted by Gasteiger charge is -2.14. The van der Waals surface area contributed by atoms with E-state index in [0.29, 0.717) is 11.3 Å². The number of pyridine rings is 1. The van der Waals surface area contributed by atoms with Crippen LogP contribution in [0.3, 0.4) is 0 Å². The third-order valence-electron chi connectivity index (χ3n) is 3.90. The van der Waals surface area contributed by atoms with Gasteiger partial charge in [-0.2, -0.15) is 0 Å². The van der Waals surface area contributed by atoms with Gasteiger partial charge in [0.15, 0.2) is 5.43 Å². The first-order valence-electron chi connectivity index (χ1n) is 7.09. The number of hydrogen-bond acceptors (Lipinski definition) is 3. The van der Waals surface area contributed by atoms with Crippen molar-refractivity contribution < 1.29 is 9.84 Å². The molecule has 0 saturated heterocycles. The number of H-pyrrole nitrogens is 1. The summed E-state index contributed by atoms with van der Waals surface area (Å²) in [6, 6.07) is 14.7. The molecule has 1 atom stereocenters. The highest BCUT2D eigenvalue weighted by molar-refractivity contribution is 5.86. The van der Waals surface area contributed by atoms with Crippen LogP contribution in [0.15, 0.2) is 53.3 Å². The van der Waals surface area contributed by atoms with Crippen molar-refractivity contribution in [2.45, 2.75) is 12.8 Å². The molecule has 0 aliphatic carbocycles. The SMILES string of the molecule is COc1cc(O)c2c(=O)cc(C(C)c3ccccc3)[nH]c2c1. The van der Waals surface area contributed by atoms with Crippen molar-refractivity contribution in [2.75, 3.05) is 7.11 Å². The number of phenolic OH excluding ortho intramolecular Hbond substituents is 1. The fourth-order valence-corrected chi connectivity index (χ4v) is 2.64. The summed E-state index contributed by atoms with van der Waals surface area (Å²) in [5.41, 5.74) is 2.29. The fourth-order valence-electron chi connectivity index (χ4n) is 2.64. The Morgan fingerprint density at radius 1 is 1.14 bits per heavy atom. The number of fused-ring (bicyclic) bond motifs is 1. The van der Waals surface area contributed by atoms with Crippen LogP contribution in [0.25, 0.3) is 10.9 Å². The Kier molecular flexibility index (Phi) is 3.59. The Labute approximate surface area is 128 Å². The van der Waals surface area contributed by atoms with Crippen LogP contribution in [-0.4, -0.2) is 17.2 Å². The molecule has 1 heterocycles. The van der Waals surface area contributed by atoms with Crippen LogP contribution in [0.4, 0.5) is 0 Å². The number of aromatic nitrogens is 1. The molecule has 2 aromatic carbocycles. The molecule has 3 aromatic rings. The van der Waals surface area contributed by atoms with Crippen molar-refractivity contribution >= 4 is 10.9 Å². The topological polar surface area (TPSA) is 62.3 Å². The lowest BCUT2D eigenvalue weighted by atomic mass is 9.96. The number of hydrogen-bond donors (Lipinski definition) is 2. The normalized spacial score (nSPS) is 12.3. The van der Waals surface area contributed by atoms with Gasteiger partial charge in [0.1, 0.15) is 11.5 Å². The minimum atomic E-state index is -0.202. The van der Waals surface area contributed by atoms with E-state index in [2.05, 4.69) is 4.98 Å². The number of benzene rings is 2. The standard InChI is InChI=1S/C18H17NO3/c1-11(12-6-4-3-5-7-12)14-10-17(21)18-15(19-14)8-13(22-2)9-16(18)20/h3-11,20H,1-2H3,(H,19,21). The molecule has 4 heteroatoms. The highest BCUT2D eigenvalue weighted by Crippen LogP contribution is 2.29. The number of aromatic hydroxyl groups is 1. The van der Waals surface area contributed by atoms with Gasteiger partial charge < -0.3 is 14.8 Å². The van der Waals surface area contributed by atoms with E-state index in [-0.39, 0.29) is 22.5 Å². The summed E-state index contributed by atoms with van der Waals surface area (Å²) < 4.78 is 5.15. The van der Waals surface area contributed by atoms with E-state index in [0.717, 1.165) is 11.3 Å². The van der Waals surface area contributed by atoms with Crippen LogP contribution in [0, 0.1) is 0 Å². The average molecular weight is 295 g/mol. The first kappa shape index (κ1) is 14.2. The van der Waals surface area contributed by atoms with Crippen molar-refractivity contribution in [3.05, 3.63) is 70.0 Å². The Morgan fingerprint density at radius 3 is 2.55 bits per heavy atom. The molecule has 0 spiro atoms. The second-order valence-corrected chi connectivity index (χ2v) is 5.29. The van der Waals surface area contributed by atoms with Gasteiger partial charge in [0.2, 0.25) is 0 Å². The molecule has 0 saturated carbocycles. The minimum absolute atomic E-state index is 0.0478. The fraction of sp³-hybridized carbons (Fsp3) is 0.167. The zero-order valence-electron chi connectivity index (χ0n) is 12.5. The van der Waals surface area contributed by atoms with Gasteiger partial charge in [0.25, 0.3) is 0 Å². The summed E-state index contributed by atoms with van der Waals surface area (Å²) in [7, 11) is 1.52. The summed E-state index contributed by atoms with van der Waals surface area (Å²) in [6.45, 7) is 2.03. The molecule has 0 amide bonds. The molecule has 1 unspecified atom stereocenters. The van der Waals surface area contributed by atoms with Gasteiger partial charge in [-0.15, -0.1) is 0 Å². The molecule has 112 valence electrons. The Bertz CT molecular complexity index is 869. The number of phenols is 1. The molecule has 0 aliphatic heterocycles. The maximum atomic E-state index is 12.3. The average Bonchev–Trinajstić information content (AvgIpc) is 2.54. The number of rotatable bonds is 3. The lowest BCUT2D eigenvalue weighted by molar-refractivity contribution is 0.409. The summed E-state index contributed by atoms with van der Waals surface area (Å²) in [5.74, 6) is 0.478. The zero-order valence-corrected chi connectivity index (χ0v) is 12.5. The number of ether oxygens (including phenoxy) is 1. The molecule has 0 aliphatic rings. The van der Waals surface area contributed by atoms with E-state index in [1.54, 1.807) is 12.1 Å². The number of methoxy groups -OCH3 is 1. The van der Waals surface area contributed by atoms with E-state index in [9.17, 15) is 9.90 Å². The minimum Gasteiger partial charge on any atom is -0.507 e. The molecular formula is C18H17NO3. The molecule has 22 heavy (non-hydrogen) atoms. The molecular weight excluding hydrogens is 278 g/mol. The molecule has 0 radical (unpaired) electrons. The van der Waals surface area contributed by atoms with Crippen LogP contribution in [0.5, 0.6) is 11.5 Å². The van der Waals surface area contributed by atoms with Crippen LogP contribution in [0.1, 0.15) is 24.1 Å². The van der Waals surface area contributed by atoms with Crippen molar-refractivity contribution in [1.29, 1.82) is 0 Å². The molecule has 2 N–H and O–H groups in total. The van der Waals surface area contributed by atoms with Crippen LogP contribution in [0.2, 0.25) is 0 Å². The third-order valence-corrected chi connectivity index (χ3v) is 3.90. The quantitative estimate of drug-likeness (QED) is 0.778. The Balaban J connectivity index is 2.18. The Hall–Kier alpha value is -2.75. The van der Waals surface area contributed by atoms with Gasteiger partial charge in [-0.25, -0.2) is 0 Å². The van der Waals surface area contributed by atoms with E-state index < -0.39 is 0 Å². The number of nitrogens with one attached hydrogen (secondary N) is 1. The highest BCUT2D eigenvalue weighted by Gasteiger charge is 2.14. The number of aromatic amines is 1. The third kappa shape index (κ3) is 2.44. The lowest BCUT2D eigenvalue weighted by Crippen LogP contribution is -2.08. The van der Waals surface area contributed by atoms with Crippen molar-refractivity contribution in [3.63, 3.8) is 0 Å². The molecule has 0 bridgehead atoms. The van der Waals surface area contributed by atoms with Crippen LogP contribution < -0.4 is 10.2 Å². The maximum absolute atomic E-state index is 12.3. The van der Waals surface area contributed by atoms with Crippen molar-refractivity contribution in [1.82, 2.24) is 4.98 Å². The summed E-state index contributed by atoms with van der Waals surface area (Å²) >= 11 is 0. The van der Waals surface area contributed by atoms with Crippen molar-refractivity contribution in [2.24, 2.45) is 0 Å². The van der Waals surface area contributed by atoms with E-state index >= 15 is 0 Å². The smallest absolute Gasteiger partial charge is 0.193 e. The molecule has 4 nitrogen and oxygen atoms in total. The van der Waals surface area contributed by atoms with Gasteiger partial charge >= 0.3 is 0 Å². The molecule has 3 rings (SSSR count). The van der Waals surface area contributed by atoms with E-state index in [1.807, 2.05) is 37.3 Å². The van der Waals surface area contributed by atoms with Gasteiger partial charge in [0.05, 0.1) is 18.0 Å². The van der Waals surface area contributed by atoms with Gasteiger partial charge in [-0.1, -0.05) is 37.3 Å². The van der Waals surface area contributed by atoms with Crippen molar-refractivity contribution in [3.8, 4) is 11.5 Å². The molecule has 1 aromatic heterocycles. The largest absolute Gasteiger partial charge is 0.507 e. The second-order valence-electron chi connectivity index (χ2n) is 5.29. The summed E-state index contributed by atoms with van der Waals surface area (Å²) in [4.78, 5) is 15.6. The zero-order chi connectivity index (χ0) is 15.7. The van der Waals surface area contributed by atoms with E-state index in [1.165, 1.54) is 13.2 Å². The van der Waals surface area contributed by atoms with Gasteiger partial charge in [-0.3, -0.25) is 4.79 Å². The molecule has 0 fully saturated rings. The maximum Gasteiger partial charge on any atom is 0.193 e. The van der Waals surface area contributed by atoms with Gasteiger partial charge in [-0.05, 0) is 5.56 Å². The van der Waals surface area contributed by atoms with Crippen LogP contribution in [-0.2, 0) is 0 Å². The second kappa shape index (κ2) is 5.56. The predicted molar refractivity (Wildman–Crippen MR) is 86.7 cm³/mol. The van der Waals surface area contributed by atoms with Gasteiger partial charge in [0, 0.05) is 29.8 Å². The summed E-state index contributed by atoms with van der Waals surface area (Å²) in [5, 5.41) is 10.3. The first-order valence-corrected chi connectivity index (χ1v) is 7.09. The Morgan fingerprint density at radius 2 is 1.86 bits per heavy atom. The monoisotopic (exact) mass is 295 g/mol. The predicted octanol–water partition coefficient (Wildman–Crippen LogP) is 3.39.